The molecule has 12 heteroatoms. The molecule has 39 heavy (non-hydrogen) atoms. The van der Waals surface area contributed by atoms with Crippen LogP contribution in [0.25, 0.3) is 0 Å². The summed E-state index contributed by atoms with van der Waals surface area (Å²) in [4.78, 5) is 10.3. The Kier molecular flexibility index (Phi) is 8.75. The summed E-state index contributed by atoms with van der Waals surface area (Å²) in [7, 11) is 0. The van der Waals surface area contributed by atoms with Gasteiger partial charge in [-0.3, -0.25) is 10.00 Å². The van der Waals surface area contributed by atoms with Crippen molar-refractivity contribution in [3.05, 3.63) is 52.6 Å². The molecule has 0 spiro atoms. The lowest BCUT2D eigenvalue weighted by Crippen LogP contribution is -2.44. The second-order valence-electron chi connectivity index (χ2n) is 9.98. The van der Waals surface area contributed by atoms with Gasteiger partial charge in [-0.2, -0.15) is 23.3 Å². The summed E-state index contributed by atoms with van der Waals surface area (Å²) in [5, 5.41) is 11.9. The summed E-state index contributed by atoms with van der Waals surface area (Å²) in [6.07, 6.45) is 0.0874. The molecule has 0 amide bonds. The maximum absolute atomic E-state index is 15.2. The Morgan fingerprint density at radius 3 is 2.38 bits per heavy atom. The van der Waals surface area contributed by atoms with Gasteiger partial charge in [0.2, 0.25) is 5.95 Å². The molecule has 2 aliphatic rings. The average molecular weight is 550 g/mol. The molecule has 2 fully saturated rings. The Hall–Kier alpha value is -3.25. The minimum Gasteiger partial charge on any atom is -0.379 e. The highest BCUT2D eigenvalue weighted by Crippen LogP contribution is 2.39. The molecule has 0 radical (unpaired) electrons. The van der Waals surface area contributed by atoms with Crippen molar-refractivity contribution in [1.82, 2.24) is 25.1 Å². The normalized spacial score (nSPS) is 20.4. The third kappa shape index (κ3) is 6.67. The number of aromatic nitrogens is 4. The molecule has 212 valence electrons. The van der Waals surface area contributed by atoms with Crippen LogP contribution in [0.4, 0.5) is 40.8 Å². The second kappa shape index (κ2) is 11.9. The number of hydrogen-bond donors (Lipinski definition) is 3. The molecule has 5 rings (SSSR count). The number of benzene rings is 1. The fourth-order valence-corrected chi connectivity index (χ4v) is 5.40. The van der Waals surface area contributed by atoms with E-state index in [1.807, 2.05) is 6.92 Å². The van der Waals surface area contributed by atoms with Gasteiger partial charge < -0.3 is 15.4 Å². The fraction of sp³-hybridized carbons (Fsp3) is 0.519. The smallest absolute Gasteiger partial charge is 0.379 e. The monoisotopic (exact) mass is 549 g/mol. The highest BCUT2D eigenvalue weighted by atomic mass is 19.4. The minimum atomic E-state index is -4.68. The molecule has 2 aromatic heterocycles. The molecule has 1 aliphatic heterocycles. The molecule has 1 saturated heterocycles. The molecule has 0 unspecified atom stereocenters. The number of nitrogens with one attached hydrogen (secondary N) is 3. The topological polar surface area (TPSA) is 91.0 Å². The zero-order valence-electron chi connectivity index (χ0n) is 21.3. The van der Waals surface area contributed by atoms with Gasteiger partial charge in [-0.1, -0.05) is 7.43 Å². The van der Waals surface area contributed by atoms with E-state index >= 15 is 4.39 Å². The van der Waals surface area contributed by atoms with Crippen molar-refractivity contribution in [3.63, 3.8) is 0 Å². The fourth-order valence-electron chi connectivity index (χ4n) is 5.40. The quantitative estimate of drug-likeness (QED) is 0.304. The van der Waals surface area contributed by atoms with E-state index in [0.29, 0.717) is 17.9 Å². The van der Waals surface area contributed by atoms with Crippen LogP contribution >= 0.6 is 0 Å². The van der Waals surface area contributed by atoms with Crippen LogP contribution in [0.15, 0.2) is 24.4 Å². The standard InChI is InChI=1S/C26H31F4N7O.CH4/c1-15-11-22(21(27)13-19(15)17-3-5-18(6-4-17)37-7-9-38-10-8-37)32-25-31-14-20(26(28,29)30)24(34-25)33-23-12-16(2)35-36-23;/h11-14,17-18H,3-10H2,1-2H3,(H3,31,32,33,34,35,36);1H4. The highest BCUT2D eigenvalue weighted by molar-refractivity contribution is 5.62. The van der Waals surface area contributed by atoms with E-state index < -0.39 is 23.4 Å². The van der Waals surface area contributed by atoms with Crippen LogP contribution < -0.4 is 10.6 Å². The zero-order chi connectivity index (χ0) is 26.9. The van der Waals surface area contributed by atoms with Crippen molar-refractivity contribution in [3.8, 4) is 0 Å². The second-order valence-corrected chi connectivity index (χ2v) is 9.98. The van der Waals surface area contributed by atoms with Crippen molar-refractivity contribution >= 4 is 23.3 Å². The van der Waals surface area contributed by atoms with E-state index in [-0.39, 0.29) is 30.8 Å². The van der Waals surface area contributed by atoms with Crippen LogP contribution in [0.1, 0.15) is 61.4 Å². The Morgan fingerprint density at radius 1 is 1.03 bits per heavy atom. The summed E-state index contributed by atoms with van der Waals surface area (Å²) in [5.74, 6) is -0.697. The van der Waals surface area contributed by atoms with Crippen LogP contribution in [0.5, 0.6) is 0 Å². The number of halogens is 4. The molecule has 3 aromatic rings. The average Bonchev–Trinajstić information content (AvgIpc) is 3.30. The Bertz CT molecular complexity index is 1270. The largest absolute Gasteiger partial charge is 0.421 e. The van der Waals surface area contributed by atoms with Crippen molar-refractivity contribution in [2.45, 2.75) is 65.1 Å². The molecule has 3 N–H and O–H groups in total. The van der Waals surface area contributed by atoms with Gasteiger partial charge in [0, 0.05) is 37.1 Å². The number of hydrogen-bond acceptors (Lipinski definition) is 7. The van der Waals surface area contributed by atoms with Gasteiger partial charge in [0.05, 0.1) is 18.9 Å². The molecule has 1 aromatic carbocycles. The van der Waals surface area contributed by atoms with Crippen LogP contribution in [-0.4, -0.2) is 57.4 Å². The maximum Gasteiger partial charge on any atom is 0.421 e. The van der Waals surface area contributed by atoms with Crippen LogP contribution in [0, 0.1) is 19.7 Å². The van der Waals surface area contributed by atoms with Crippen LogP contribution in [-0.2, 0) is 10.9 Å². The molecule has 8 nitrogen and oxygen atoms in total. The number of rotatable bonds is 6. The molecule has 3 heterocycles. The first-order chi connectivity index (χ1) is 18.2. The Balaban J connectivity index is 0.00000353. The Labute approximate surface area is 225 Å². The number of H-pyrrole nitrogens is 1. The molecule has 0 atom stereocenters. The number of anilines is 4. The van der Waals surface area contributed by atoms with Gasteiger partial charge in [-0.05, 0) is 68.7 Å². The van der Waals surface area contributed by atoms with Gasteiger partial charge in [-0.25, -0.2) is 9.37 Å². The van der Waals surface area contributed by atoms with Gasteiger partial charge >= 0.3 is 6.18 Å². The summed E-state index contributed by atoms with van der Waals surface area (Å²) in [5.41, 5.74) is 1.61. The molecule has 1 aliphatic carbocycles. The number of aryl methyl sites for hydroxylation is 2. The number of alkyl halides is 3. The summed E-state index contributed by atoms with van der Waals surface area (Å²) in [6.45, 7) is 7.14. The lowest BCUT2D eigenvalue weighted by atomic mass is 9.79. The third-order valence-electron chi connectivity index (χ3n) is 7.35. The van der Waals surface area contributed by atoms with E-state index in [4.69, 9.17) is 4.74 Å². The first-order valence-corrected chi connectivity index (χ1v) is 12.8. The third-order valence-corrected chi connectivity index (χ3v) is 7.35. The van der Waals surface area contributed by atoms with E-state index in [0.717, 1.165) is 63.1 Å². The minimum absolute atomic E-state index is 0. The number of morpholine rings is 1. The van der Waals surface area contributed by atoms with Crippen molar-refractivity contribution in [2.75, 3.05) is 36.9 Å². The van der Waals surface area contributed by atoms with E-state index in [1.165, 1.54) is 6.07 Å². The SMILES string of the molecule is C.Cc1cc(Nc2nc(Nc3cc(C)c(C4CCC(N5CCOCC5)CC4)cc3F)ncc2C(F)(F)F)n[nH]1. The first kappa shape index (κ1) is 28.8. The van der Waals surface area contributed by atoms with Gasteiger partial charge in [0.1, 0.15) is 17.2 Å². The van der Waals surface area contributed by atoms with E-state index in [2.05, 4.69) is 35.7 Å². The zero-order valence-corrected chi connectivity index (χ0v) is 21.3. The lowest BCUT2D eigenvalue weighted by Gasteiger charge is -2.39. The molecular weight excluding hydrogens is 514 g/mol. The van der Waals surface area contributed by atoms with Crippen molar-refractivity contribution in [1.29, 1.82) is 0 Å². The van der Waals surface area contributed by atoms with Crippen LogP contribution in [0.3, 0.4) is 0 Å². The van der Waals surface area contributed by atoms with E-state index in [1.54, 1.807) is 19.1 Å². The number of nitrogens with zero attached hydrogens (tertiary/aromatic N) is 4. The van der Waals surface area contributed by atoms with Gasteiger partial charge in [0.25, 0.3) is 0 Å². The first-order valence-electron chi connectivity index (χ1n) is 12.8. The van der Waals surface area contributed by atoms with Crippen molar-refractivity contribution < 1.29 is 22.3 Å². The molecule has 0 bridgehead atoms. The summed E-state index contributed by atoms with van der Waals surface area (Å²) >= 11 is 0. The number of ether oxygens (including phenoxy) is 1. The predicted octanol–water partition coefficient (Wildman–Crippen LogP) is 6.46. The molecule has 1 saturated carbocycles. The van der Waals surface area contributed by atoms with Crippen LogP contribution in [0.2, 0.25) is 0 Å². The summed E-state index contributed by atoms with van der Waals surface area (Å²) in [6, 6.07) is 5.30. The predicted molar refractivity (Wildman–Crippen MR) is 142 cm³/mol. The number of aromatic amines is 1. The van der Waals surface area contributed by atoms with E-state index in [9.17, 15) is 13.2 Å². The highest BCUT2D eigenvalue weighted by Gasteiger charge is 2.36. The van der Waals surface area contributed by atoms with Gasteiger partial charge in [-0.15, -0.1) is 0 Å². The maximum atomic E-state index is 15.2. The van der Waals surface area contributed by atoms with Gasteiger partial charge in [0.15, 0.2) is 5.82 Å². The lowest BCUT2D eigenvalue weighted by molar-refractivity contribution is -0.137. The van der Waals surface area contributed by atoms with Crippen molar-refractivity contribution in [2.24, 2.45) is 0 Å². The molecular formula is C27H35F4N7O. The summed E-state index contributed by atoms with van der Waals surface area (Å²) < 4.78 is 61.3. The Morgan fingerprint density at radius 2 is 1.74 bits per heavy atom.